The SMILES string of the molecule is CCC(NC(=O)NCOCCOC)c1ccc2c(c1)CCCC2. The summed E-state index contributed by atoms with van der Waals surface area (Å²) >= 11 is 0. The van der Waals surface area contributed by atoms with Crippen LogP contribution in [0.1, 0.15) is 48.9 Å². The van der Waals surface area contributed by atoms with Crippen LogP contribution in [-0.4, -0.2) is 33.1 Å². The van der Waals surface area contributed by atoms with Gasteiger partial charge in [0.15, 0.2) is 0 Å². The zero-order chi connectivity index (χ0) is 16.5. The summed E-state index contributed by atoms with van der Waals surface area (Å²) < 4.78 is 10.1. The van der Waals surface area contributed by atoms with E-state index in [1.165, 1.54) is 36.0 Å². The molecule has 128 valence electrons. The van der Waals surface area contributed by atoms with Crippen molar-refractivity contribution in [3.05, 3.63) is 34.9 Å². The van der Waals surface area contributed by atoms with E-state index >= 15 is 0 Å². The lowest BCUT2D eigenvalue weighted by molar-refractivity contribution is 0.0640. The molecule has 0 saturated heterocycles. The number of fused-ring (bicyclic) bond motifs is 1. The molecule has 1 aliphatic rings. The predicted octanol–water partition coefficient (Wildman–Crippen LogP) is 2.94. The third-order valence-electron chi connectivity index (χ3n) is 4.26. The van der Waals surface area contributed by atoms with Crippen LogP contribution in [0.2, 0.25) is 0 Å². The lowest BCUT2D eigenvalue weighted by Gasteiger charge is -2.22. The van der Waals surface area contributed by atoms with E-state index in [2.05, 4.69) is 35.8 Å². The van der Waals surface area contributed by atoms with Gasteiger partial charge in [0.25, 0.3) is 0 Å². The Morgan fingerprint density at radius 1 is 1.22 bits per heavy atom. The van der Waals surface area contributed by atoms with Gasteiger partial charge in [-0.3, -0.25) is 0 Å². The van der Waals surface area contributed by atoms with Gasteiger partial charge < -0.3 is 20.1 Å². The molecule has 5 heteroatoms. The molecule has 2 amide bonds. The van der Waals surface area contributed by atoms with Crippen LogP contribution in [0.4, 0.5) is 4.79 Å². The molecule has 1 aromatic rings. The van der Waals surface area contributed by atoms with E-state index in [0.717, 1.165) is 12.8 Å². The maximum absolute atomic E-state index is 12.0. The van der Waals surface area contributed by atoms with Crippen LogP contribution in [0.15, 0.2) is 18.2 Å². The molecular weight excluding hydrogens is 292 g/mol. The number of urea groups is 1. The first-order chi connectivity index (χ1) is 11.2. The molecule has 0 spiro atoms. The monoisotopic (exact) mass is 320 g/mol. The van der Waals surface area contributed by atoms with E-state index in [1.54, 1.807) is 7.11 Å². The smallest absolute Gasteiger partial charge is 0.317 e. The van der Waals surface area contributed by atoms with Crippen molar-refractivity contribution in [1.82, 2.24) is 10.6 Å². The molecule has 2 N–H and O–H groups in total. The van der Waals surface area contributed by atoms with Crippen LogP contribution in [0.25, 0.3) is 0 Å². The van der Waals surface area contributed by atoms with Crippen LogP contribution in [-0.2, 0) is 22.3 Å². The van der Waals surface area contributed by atoms with Crippen LogP contribution in [0.5, 0.6) is 0 Å². The third-order valence-corrected chi connectivity index (χ3v) is 4.26. The highest BCUT2D eigenvalue weighted by atomic mass is 16.5. The number of ether oxygens (including phenoxy) is 2. The Bertz CT molecular complexity index is 505. The highest BCUT2D eigenvalue weighted by Gasteiger charge is 2.15. The molecular formula is C18H28N2O3. The molecule has 23 heavy (non-hydrogen) atoms. The minimum Gasteiger partial charge on any atom is -0.382 e. The minimum atomic E-state index is -0.202. The summed E-state index contributed by atoms with van der Waals surface area (Å²) in [5.41, 5.74) is 4.09. The van der Waals surface area contributed by atoms with Crippen molar-refractivity contribution in [1.29, 1.82) is 0 Å². The van der Waals surface area contributed by atoms with Crippen molar-refractivity contribution in [3.8, 4) is 0 Å². The minimum absolute atomic E-state index is 0.0289. The third kappa shape index (κ3) is 5.52. The highest BCUT2D eigenvalue weighted by molar-refractivity contribution is 5.74. The number of hydrogen-bond donors (Lipinski definition) is 2. The fourth-order valence-corrected chi connectivity index (χ4v) is 2.93. The Kier molecular flexibility index (Phi) is 7.36. The lowest BCUT2D eigenvalue weighted by atomic mass is 9.89. The standard InChI is InChI=1S/C18H28N2O3/c1-3-17(20-18(21)19-13-23-11-10-22-2)16-9-8-14-6-4-5-7-15(14)12-16/h8-9,12,17H,3-7,10-11,13H2,1-2H3,(H2,19,20,21). The first-order valence-corrected chi connectivity index (χ1v) is 8.47. The van der Waals surface area contributed by atoms with Crippen molar-refractivity contribution in [3.63, 3.8) is 0 Å². The first-order valence-electron chi connectivity index (χ1n) is 8.47. The van der Waals surface area contributed by atoms with Gasteiger partial charge in [0.2, 0.25) is 0 Å². The van der Waals surface area contributed by atoms with Crippen LogP contribution >= 0.6 is 0 Å². The Morgan fingerprint density at radius 2 is 2.00 bits per heavy atom. The molecule has 1 aromatic carbocycles. The molecule has 0 bridgehead atoms. The van der Waals surface area contributed by atoms with Gasteiger partial charge >= 0.3 is 6.03 Å². The van der Waals surface area contributed by atoms with Crippen LogP contribution < -0.4 is 10.6 Å². The summed E-state index contributed by atoms with van der Waals surface area (Å²) in [7, 11) is 1.62. The number of carbonyl (C=O) groups excluding carboxylic acids is 1. The summed E-state index contributed by atoms with van der Waals surface area (Å²) in [5.74, 6) is 0. The van der Waals surface area contributed by atoms with Gasteiger partial charge in [-0.05, 0) is 48.8 Å². The van der Waals surface area contributed by atoms with Crippen molar-refractivity contribution >= 4 is 6.03 Å². The van der Waals surface area contributed by atoms with Gasteiger partial charge in [-0.15, -0.1) is 0 Å². The number of carbonyl (C=O) groups is 1. The van der Waals surface area contributed by atoms with E-state index in [1.807, 2.05) is 0 Å². The van der Waals surface area contributed by atoms with E-state index in [9.17, 15) is 4.79 Å². The fraction of sp³-hybridized carbons (Fsp3) is 0.611. The number of nitrogens with one attached hydrogen (secondary N) is 2. The number of rotatable bonds is 8. The molecule has 5 nitrogen and oxygen atoms in total. The average molecular weight is 320 g/mol. The van der Waals surface area contributed by atoms with Gasteiger partial charge in [-0.1, -0.05) is 25.1 Å². The van der Waals surface area contributed by atoms with E-state index in [4.69, 9.17) is 9.47 Å². The molecule has 0 saturated carbocycles. The fourth-order valence-electron chi connectivity index (χ4n) is 2.93. The summed E-state index contributed by atoms with van der Waals surface area (Å²) in [4.78, 5) is 12.0. The zero-order valence-corrected chi connectivity index (χ0v) is 14.2. The van der Waals surface area contributed by atoms with E-state index in [0.29, 0.717) is 13.2 Å². The maximum atomic E-state index is 12.0. The van der Waals surface area contributed by atoms with Crippen molar-refractivity contribution < 1.29 is 14.3 Å². The molecule has 0 heterocycles. The summed E-state index contributed by atoms with van der Waals surface area (Å²) in [5, 5.41) is 5.73. The van der Waals surface area contributed by atoms with Crippen molar-refractivity contribution in [2.75, 3.05) is 27.1 Å². The van der Waals surface area contributed by atoms with Gasteiger partial charge in [-0.25, -0.2) is 4.79 Å². The maximum Gasteiger partial charge on any atom is 0.317 e. The molecule has 1 atom stereocenters. The normalized spacial score (nSPS) is 14.9. The number of benzene rings is 1. The average Bonchev–Trinajstić information content (AvgIpc) is 2.59. The molecule has 2 rings (SSSR count). The number of aryl methyl sites for hydroxylation is 2. The topological polar surface area (TPSA) is 59.6 Å². The molecule has 0 aliphatic heterocycles. The Morgan fingerprint density at radius 3 is 2.74 bits per heavy atom. The van der Waals surface area contributed by atoms with Crippen LogP contribution in [0.3, 0.4) is 0 Å². The number of hydrogen-bond acceptors (Lipinski definition) is 3. The quantitative estimate of drug-likeness (QED) is 0.572. The number of methoxy groups -OCH3 is 1. The lowest BCUT2D eigenvalue weighted by Crippen LogP contribution is -2.39. The molecule has 1 aliphatic carbocycles. The predicted molar refractivity (Wildman–Crippen MR) is 90.5 cm³/mol. The summed E-state index contributed by atoms with van der Waals surface area (Å²) in [6.45, 7) is 3.27. The summed E-state index contributed by atoms with van der Waals surface area (Å²) in [6.07, 6.45) is 5.74. The highest BCUT2D eigenvalue weighted by Crippen LogP contribution is 2.25. The first kappa shape index (κ1) is 17.8. The molecule has 0 aromatic heterocycles. The van der Waals surface area contributed by atoms with Gasteiger partial charge in [0.05, 0.1) is 19.3 Å². The molecule has 0 fully saturated rings. The Balaban J connectivity index is 1.85. The Labute approximate surface area is 138 Å². The zero-order valence-electron chi connectivity index (χ0n) is 14.2. The second-order valence-corrected chi connectivity index (χ2v) is 5.89. The van der Waals surface area contributed by atoms with E-state index in [-0.39, 0.29) is 18.8 Å². The molecule has 0 radical (unpaired) electrons. The van der Waals surface area contributed by atoms with E-state index < -0.39 is 0 Å². The summed E-state index contributed by atoms with van der Waals surface area (Å²) in [6, 6.07) is 6.46. The number of amides is 2. The van der Waals surface area contributed by atoms with Crippen LogP contribution in [0, 0.1) is 0 Å². The largest absolute Gasteiger partial charge is 0.382 e. The van der Waals surface area contributed by atoms with Crippen molar-refractivity contribution in [2.45, 2.75) is 45.1 Å². The Hall–Kier alpha value is -1.59. The van der Waals surface area contributed by atoms with Gasteiger partial charge in [0, 0.05) is 7.11 Å². The van der Waals surface area contributed by atoms with Gasteiger partial charge in [-0.2, -0.15) is 0 Å². The van der Waals surface area contributed by atoms with Gasteiger partial charge in [0.1, 0.15) is 6.73 Å². The second-order valence-electron chi connectivity index (χ2n) is 5.89. The van der Waals surface area contributed by atoms with Crippen molar-refractivity contribution in [2.24, 2.45) is 0 Å². The molecule has 1 unspecified atom stereocenters. The second kappa shape index (κ2) is 9.53.